The van der Waals surface area contributed by atoms with E-state index in [1.165, 1.54) is 11.3 Å². The molecule has 5 nitrogen and oxygen atoms in total. The second kappa shape index (κ2) is 6.31. The van der Waals surface area contributed by atoms with Crippen LogP contribution in [-0.4, -0.2) is 33.0 Å². The summed E-state index contributed by atoms with van der Waals surface area (Å²) in [5.74, 6) is 0.811. The van der Waals surface area contributed by atoms with Gasteiger partial charge in [-0.1, -0.05) is 6.07 Å². The second-order valence-corrected chi connectivity index (χ2v) is 8.00. The average Bonchev–Trinajstić information content (AvgIpc) is 3.23. The standard InChI is InChI=1S/C14H18N2O3S2/c17-21(18,14-6-4-10-20-14)15-11-12(13-5-3-9-19-13)16-7-1-2-8-16/h3-6,9-10,12,15H,1-2,7-8,11H2. The maximum absolute atomic E-state index is 12.2. The number of thiophene rings is 1. The first-order valence-electron chi connectivity index (χ1n) is 6.97. The van der Waals surface area contributed by atoms with Gasteiger partial charge in [0.15, 0.2) is 0 Å². The monoisotopic (exact) mass is 326 g/mol. The number of nitrogens with one attached hydrogen (secondary N) is 1. The molecule has 1 aliphatic rings. The largest absolute Gasteiger partial charge is 0.468 e. The number of hydrogen-bond acceptors (Lipinski definition) is 5. The van der Waals surface area contributed by atoms with Crippen LogP contribution in [0.5, 0.6) is 0 Å². The lowest BCUT2D eigenvalue weighted by molar-refractivity contribution is 0.216. The Labute approximate surface area is 128 Å². The summed E-state index contributed by atoms with van der Waals surface area (Å²) in [5.41, 5.74) is 0. The zero-order chi connectivity index (χ0) is 14.7. The fourth-order valence-corrected chi connectivity index (χ4v) is 4.70. The molecule has 3 heterocycles. The summed E-state index contributed by atoms with van der Waals surface area (Å²) < 4.78 is 33.0. The first-order valence-corrected chi connectivity index (χ1v) is 9.34. The van der Waals surface area contributed by atoms with Gasteiger partial charge in [0.05, 0.1) is 12.3 Å². The van der Waals surface area contributed by atoms with Gasteiger partial charge in [0.2, 0.25) is 10.0 Å². The van der Waals surface area contributed by atoms with Gasteiger partial charge in [0.1, 0.15) is 9.97 Å². The fourth-order valence-electron chi connectivity index (χ4n) is 2.62. The molecule has 1 saturated heterocycles. The summed E-state index contributed by atoms with van der Waals surface area (Å²) in [6.07, 6.45) is 3.93. The number of likely N-dealkylation sites (tertiary alicyclic amines) is 1. The lowest BCUT2D eigenvalue weighted by atomic mass is 10.2. The van der Waals surface area contributed by atoms with Gasteiger partial charge in [-0.2, -0.15) is 0 Å². The van der Waals surface area contributed by atoms with Crippen molar-refractivity contribution in [3.63, 3.8) is 0 Å². The first kappa shape index (κ1) is 14.8. The summed E-state index contributed by atoms with van der Waals surface area (Å²) in [7, 11) is -3.43. The van der Waals surface area contributed by atoms with Crippen molar-refractivity contribution in [1.29, 1.82) is 0 Å². The molecule has 0 amide bonds. The molecule has 3 rings (SSSR count). The number of sulfonamides is 1. The summed E-state index contributed by atoms with van der Waals surface area (Å²) in [4.78, 5) is 2.27. The minimum absolute atomic E-state index is 0.0442. The molecule has 0 aliphatic carbocycles. The Morgan fingerprint density at radius 2 is 2.10 bits per heavy atom. The Hall–Kier alpha value is -1.15. The predicted molar refractivity (Wildman–Crippen MR) is 81.8 cm³/mol. The second-order valence-electron chi connectivity index (χ2n) is 5.06. The van der Waals surface area contributed by atoms with Gasteiger partial charge in [-0.25, -0.2) is 13.1 Å². The number of furan rings is 1. The molecule has 7 heteroatoms. The molecule has 1 aliphatic heterocycles. The molecule has 1 fully saturated rings. The molecule has 2 aromatic rings. The van der Waals surface area contributed by atoms with Crippen LogP contribution in [0.1, 0.15) is 24.6 Å². The molecule has 0 saturated carbocycles. The highest BCUT2D eigenvalue weighted by atomic mass is 32.2. The number of hydrogen-bond donors (Lipinski definition) is 1. The summed E-state index contributed by atoms with van der Waals surface area (Å²) in [5, 5.41) is 1.76. The van der Waals surface area contributed by atoms with Crippen LogP contribution >= 0.6 is 11.3 Å². The van der Waals surface area contributed by atoms with E-state index in [9.17, 15) is 8.42 Å². The van der Waals surface area contributed by atoms with Crippen LogP contribution in [0.25, 0.3) is 0 Å². The zero-order valence-corrected chi connectivity index (χ0v) is 13.2. The average molecular weight is 326 g/mol. The number of nitrogens with zero attached hydrogens (tertiary/aromatic N) is 1. The highest BCUT2D eigenvalue weighted by Gasteiger charge is 2.27. The van der Waals surface area contributed by atoms with Gasteiger partial charge in [0.25, 0.3) is 0 Å². The summed E-state index contributed by atoms with van der Waals surface area (Å²) in [6, 6.07) is 7.06. The molecule has 0 spiro atoms. The van der Waals surface area contributed by atoms with E-state index in [0.717, 1.165) is 31.7 Å². The van der Waals surface area contributed by atoms with Gasteiger partial charge >= 0.3 is 0 Å². The van der Waals surface area contributed by atoms with Gasteiger partial charge in [-0.3, -0.25) is 4.90 Å². The van der Waals surface area contributed by atoms with Crippen LogP contribution in [0.15, 0.2) is 44.5 Å². The van der Waals surface area contributed by atoms with E-state index in [1.54, 1.807) is 23.8 Å². The van der Waals surface area contributed by atoms with E-state index >= 15 is 0 Å². The van der Waals surface area contributed by atoms with Crippen molar-refractivity contribution in [1.82, 2.24) is 9.62 Å². The third-order valence-corrected chi connectivity index (χ3v) is 6.50. The number of rotatable bonds is 6. The topological polar surface area (TPSA) is 62.6 Å². The van der Waals surface area contributed by atoms with E-state index in [1.807, 2.05) is 12.1 Å². The van der Waals surface area contributed by atoms with E-state index in [0.29, 0.717) is 10.8 Å². The highest BCUT2D eigenvalue weighted by molar-refractivity contribution is 7.91. The van der Waals surface area contributed by atoms with Gasteiger partial charge < -0.3 is 4.42 Å². The van der Waals surface area contributed by atoms with Crippen molar-refractivity contribution in [2.45, 2.75) is 23.1 Å². The van der Waals surface area contributed by atoms with Gasteiger partial charge in [0, 0.05) is 6.54 Å². The Morgan fingerprint density at radius 1 is 1.29 bits per heavy atom. The lowest BCUT2D eigenvalue weighted by Crippen LogP contribution is -2.36. The fraction of sp³-hybridized carbons (Fsp3) is 0.429. The third kappa shape index (κ3) is 3.37. The van der Waals surface area contributed by atoms with Crippen molar-refractivity contribution in [2.24, 2.45) is 0 Å². The van der Waals surface area contributed by atoms with Crippen LogP contribution in [0.4, 0.5) is 0 Å². The highest BCUT2D eigenvalue weighted by Crippen LogP contribution is 2.25. The molecule has 21 heavy (non-hydrogen) atoms. The summed E-state index contributed by atoms with van der Waals surface area (Å²) in [6.45, 7) is 2.28. The Kier molecular flexibility index (Phi) is 4.44. The quantitative estimate of drug-likeness (QED) is 0.886. The Bertz CT molecular complexity index is 644. The molecule has 1 atom stereocenters. The van der Waals surface area contributed by atoms with Crippen LogP contribution in [0.2, 0.25) is 0 Å². The maximum Gasteiger partial charge on any atom is 0.250 e. The predicted octanol–water partition coefficient (Wildman–Crippen LogP) is 2.46. The van der Waals surface area contributed by atoms with Crippen molar-refractivity contribution >= 4 is 21.4 Å². The van der Waals surface area contributed by atoms with E-state index in [2.05, 4.69) is 9.62 Å². The minimum atomic E-state index is -3.43. The molecule has 0 bridgehead atoms. The minimum Gasteiger partial charge on any atom is -0.468 e. The van der Waals surface area contributed by atoms with E-state index < -0.39 is 10.0 Å². The van der Waals surface area contributed by atoms with Crippen LogP contribution < -0.4 is 4.72 Å². The normalized spacial score (nSPS) is 18.1. The first-order chi connectivity index (χ1) is 10.2. The molecule has 1 N–H and O–H groups in total. The van der Waals surface area contributed by atoms with Crippen LogP contribution in [-0.2, 0) is 10.0 Å². The Morgan fingerprint density at radius 3 is 2.71 bits per heavy atom. The SMILES string of the molecule is O=S(=O)(NCC(c1ccco1)N1CCCC1)c1cccs1. The van der Waals surface area contributed by atoms with Crippen molar-refractivity contribution in [2.75, 3.05) is 19.6 Å². The van der Waals surface area contributed by atoms with Crippen LogP contribution in [0, 0.1) is 0 Å². The molecular formula is C14H18N2O3S2. The zero-order valence-electron chi connectivity index (χ0n) is 11.6. The summed E-state index contributed by atoms with van der Waals surface area (Å²) >= 11 is 1.22. The van der Waals surface area contributed by atoms with Crippen molar-refractivity contribution < 1.29 is 12.8 Å². The molecule has 2 aromatic heterocycles. The van der Waals surface area contributed by atoms with Crippen LogP contribution in [0.3, 0.4) is 0 Å². The van der Waals surface area contributed by atoms with Gasteiger partial charge in [-0.15, -0.1) is 11.3 Å². The lowest BCUT2D eigenvalue weighted by Gasteiger charge is -2.25. The van der Waals surface area contributed by atoms with E-state index in [4.69, 9.17) is 4.42 Å². The Balaban J connectivity index is 1.73. The molecule has 0 aromatic carbocycles. The molecule has 1 unspecified atom stereocenters. The van der Waals surface area contributed by atoms with Crippen molar-refractivity contribution in [3.8, 4) is 0 Å². The van der Waals surface area contributed by atoms with Crippen molar-refractivity contribution in [3.05, 3.63) is 41.7 Å². The van der Waals surface area contributed by atoms with Gasteiger partial charge in [-0.05, 0) is 49.5 Å². The van der Waals surface area contributed by atoms with E-state index in [-0.39, 0.29) is 6.04 Å². The molecule has 0 radical (unpaired) electrons. The third-order valence-electron chi connectivity index (χ3n) is 3.68. The smallest absolute Gasteiger partial charge is 0.250 e. The molecule has 114 valence electrons. The molecular weight excluding hydrogens is 308 g/mol. The maximum atomic E-state index is 12.2.